The number of fused-ring (bicyclic) bond motifs is 1. The lowest BCUT2D eigenvalue weighted by molar-refractivity contribution is 0.617. The Hall–Kier alpha value is -2.93. The second-order valence-electron chi connectivity index (χ2n) is 4.18. The Labute approximate surface area is 110 Å². The number of hydrogen-bond donors (Lipinski definition) is 2. The summed E-state index contributed by atoms with van der Waals surface area (Å²) in [5, 5.41) is 13.0. The molecular formula is C15H11N3O. The minimum Gasteiger partial charge on any atom is -0.462 e. The van der Waals surface area contributed by atoms with Gasteiger partial charge in [-0.3, -0.25) is 0 Å². The monoisotopic (exact) mass is 249 g/mol. The summed E-state index contributed by atoms with van der Waals surface area (Å²) in [6.07, 6.45) is 1.66. The van der Waals surface area contributed by atoms with Gasteiger partial charge in [-0.05, 0) is 30.3 Å². The van der Waals surface area contributed by atoms with Crippen molar-refractivity contribution in [3.8, 4) is 6.07 Å². The molecule has 1 heterocycles. The summed E-state index contributed by atoms with van der Waals surface area (Å²) in [5.41, 5.74) is 9.41. The van der Waals surface area contributed by atoms with Crippen LogP contribution in [0.25, 0.3) is 11.0 Å². The van der Waals surface area contributed by atoms with Gasteiger partial charge in [0.1, 0.15) is 11.8 Å². The van der Waals surface area contributed by atoms with E-state index in [1.807, 2.05) is 24.3 Å². The van der Waals surface area contributed by atoms with E-state index in [0.29, 0.717) is 11.3 Å². The molecule has 0 atom stereocenters. The van der Waals surface area contributed by atoms with Crippen LogP contribution in [0.15, 0.2) is 53.1 Å². The Bertz CT molecular complexity index is 783. The molecule has 2 aromatic carbocycles. The number of benzene rings is 2. The van der Waals surface area contributed by atoms with Crippen molar-refractivity contribution >= 4 is 28.0 Å². The maximum Gasteiger partial charge on any atom is 0.136 e. The third kappa shape index (κ3) is 1.98. The second-order valence-corrected chi connectivity index (χ2v) is 4.18. The molecule has 0 bridgehead atoms. The van der Waals surface area contributed by atoms with Crippen molar-refractivity contribution in [2.75, 3.05) is 11.1 Å². The lowest BCUT2D eigenvalue weighted by Gasteiger charge is -2.07. The number of furan rings is 1. The molecule has 0 spiro atoms. The standard InChI is InChI=1S/C15H11N3O/c16-8-10-5-6-13(12(17)7-10)18-14-9-19-15-4-2-1-3-11(14)15/h1-7,9,18H,17H2. The van der Waals surface area contributed by atoms with Gasteiger partial charge in [0.05, 0.1) is 28.7 Å². The van der Waals surface area contributed by atoms with E-state index in [4.69, 9.17) is 15.4 Å². The molecule has 3 rings (SSSR count). The van der Waals surface area contributed by atoms with Crippen LogP contribution in [0.3, 0.4) is 0 Å². The fourth-order valence-corrected chi connectivity index (χ4v) is 1.97. The van der Waals surface area contributed by atoms with Crippen LogP contribution in [0.5, 0.6) is 0 Å². The van der Waals surface area contributed by atoms with E-state index in [1.165, 1.54) is 0 Å². The van der Waals surface area contributed by atoms with Gasteiger partial charge in [-0.2, -0.15) is 5.26 Å². The van der Waals surface area contributed by atoms with E-state index < -0.39 is 0 Å². The summed E-state index contributed by atoms with van der Waals surface area (Å²) in [5.74, 6) is 0. The number of anilines is 3. The average Bonchev–Trinajstić information content (AvgIpc) is 2.84. The normalized spacial score (nSPS) is 10.3. The maximum absolute atomic E-state index is 8.81. The number of nitriles is 1. The fraction of sp³-hybridized carbons (Fsp3) is 0. The van der Waals surface area contributed by atoms with E-state index in [0.717, 1.165) is 22.3 Å². The molecule has 4 nitrogen and oxygen atoms in total. The Morgan fingerprint density at radius 1 is 1.11 bits per heavy atom. The van der Waals surface area contributed by atoms with Crippen molar-refractivity contribution in [3.63, 3.8) is 0 Å². The Morgan fingerprint density at radius 2 is 1.95 bits per heavy atom. The van der Waals surface area contributed by atoms with Crippen LogP contribution >= 0.6 is 0 Å². The summed E-state index contributed by atoms with van der Waals surface area (Å²) in [4.78, 5) is 0. The van der Waals surface area contributed by atoms with Gasteiger partial charge in [-0.1, -0.05) is 12.1 Å². The van der Waals surface area contributed by atoms with Gasteiger partial charge in [0.15, 0.2) is 0 Å². The van der Waals surface area contributed by atoms with Crippen molar-refractivity contribution in [2.45, 2.75) is 0 Å². The molecular weight excluding hydrogens is 238 g/mol. The molecule has 0 saturated carbocycles. The van der Waals surface area contributed by atoms with Crippen LogP contribution in [-0.2, 0) is 0 Å². The van der Waals surface area contributed by atoms with E-state index in [-0.39, 0.29) is 0 Å². The van der Waals surface area contributed by atoms with Gasteiger partial charge in [-0.15, -0.1) is 0 Å². The van der Waals surface area contributed by atoms with Gasteiger partial charge in [0.2, 0.25) is 0 Å². The van der Waals surface area contributed by atoms with Gasteiger partial charge in [-0.25, -0.2) is 0 Å². The Morgan fingerprint density at radius 3 is 2.74 bits per heavy atom. The molecule has 3 aromatic rings. The van der Waals surface area contributed by atoms with E-state index in [1.54, 1.807) is 24.5 Å². The fourth-order valence-electron chi connectivity index (χ4n) is 1.97. The largest absolute Gasteiger partial charge is 0.462 e. The highest BCUT2D eigenvalue weighted by atomic mass is 16.3. The first-order chi connectivity index (χ1) is 9.28. The molecule has 0 saturated heterocycles. The number of rotatable bonds is 2. The maximum atomic E-state index is 8.81. The highest BCUT2D eigenvalue weighted by Gasteiger charge is 2.07. The highest BCUT2D eigenvalue weighted by molar-refractivity contribution is 5.93. The average molecular weight is 249 g/mol. The topological polar surface area (TPSA) is 75.0 Å². The number of nitrogens with zero attached hydrogens (tertiary/aromatic N) is 1. The predicted octanol–water partition coefficient (Wildman–Crippen LogP) is 3.63. The molecule has 19 heavy (non-hydrogen) atoms. The summed E-state index contributed by atoms with van der Waals surface area (Å²) < 4.78 is 5.45. The quantitative estimate of drug-likeness (QED) is 0.680. The first kappa shape index (κ1) is 11.2. The molecule has 0 unspecified atom stereocenters. The number of hydrogen-bond acceptors (Lipinski definition) is 4. The zero-order valence-electron chi connectivity index (χ0n) is 10.1. The minimum atomic E-state index is 0.532. The molecule has 0 fully saturated rings. The summed E-state index contributed by atoms with van der Waals surface area (Å²) in [6.45, 7) is 0. The minimum absolute atomic E-state index is 0.532. The van der Waals surface area contributed by atoms with Crippen molar-refractivity contribution in [1.29, 1.82) is 5.26 Å². The second kappa shape index (κ2) is 4.39. The third-order valence-electron chi connectivity index (χ3n) is 2.93. The summed E-state index contributed by atoms with van der Waals surface area (Å²) >= 11 is 0. The lowest BCUT2D eigenvalue weighted by Crippen LogP contribution is -1.96. The lowest BCUT2D eigenvalue weighted by atomic mass is 10.2. The molecule has 0 aliphatic heterocycles. The van der Waals surface area contributed by atoms with Gasteiger partial charge < -0.3 is 15.5 Å². The number of nitrogens with two attached hydrogens (primary N) is 1. The van der Waals surface area contributed by atoms with Crippen molar-refractivity contribution < 1.29 is 4.42 Å². The van der Waals surface area contributed by atoms with Gasteiger partial charge in [0.25, 0.3) is 0 Å². The van der Waals surface area contributed by atoms with Crippen LogP contribution in [0, 0.1) is 11.3 Å². The number of nitrogens with one attached hydrogen (secondary N) is 1. The zero-order chi connectivity index (χ0) is 13.2. The molecule has 1 aromatic heterocycles. The SMILES string of the molecule is N#Cc1ccc(Nc2coc3ccccc23)c(N)c1. The summed E-state index contributed by atoms with van der Waals surface area (Å²) in [7, 11) is 0. The van der Waals surface area contributed by atoms with Gasteiger partial charge in [0, 0.05) is 5.39 Å². The molecule has 0 radical (unpaired) electrons. The zero-order valence-corrected chi connectivity index (χ0v) is 10.1. The predicted molar refractivity (Wildman–Crippen MR) is 75.1 cm³/mol. The molecule has 0 aliphatic rings. The Balaban J connectivity index is 2.00. The summed E-state index contributed by atoms with van der Waals surface area (Å²) in [6, 6.07) is 15.0. The molecule has 3 N–H and O–H groups in total. The van der Waals surface area contributed by atoms with Crippen molar-refractivity contribution in [1.82, 2.24) is 0 Å². The number of para-hydroxylation sites is 1. The van der Waals surface area contributed by atoms with Crippen LogP contribution in [0.2, 0.25) is 0 Å². The van der Waals surface area contributed by atoms with Crippen molar-refractivity contribution in [2.24, 2.45) is 0 Å². The first-order valence-electron chi connectivity index (χ1n) is 5.81. The van der Waals surface area contributed by atoms with Crippen LogP contribution in [-0.4, -0.2) is 0 Å². The number of nitrogen functional groups attached to an aromatic ring is 1. The highest BCUT2D eigenvalue weighted by Crippen LogP contribution is 2.30. The molecule has 4 heteroatoms. The van der Waals surface area contributed by atoms with Crippen LogP contribution < -0.4 is 11.1 Å². The first-order valence-corrected chi connectivity index (χ1v) is 5.81. The molecule has 0 amide bonds. The molecule has 0 aliphatic carbocycles. The van der Waals surface area contributed by atoms with Crippen LogP contribution in [0.4, 0.5) is 17.1 Å². The van der Waals surface area contributed by atoms with E-state index in [9.17, 15) is 0 Å². The third-order valence-corrected chi connectivity index (χ3v) is 2.93. The van der Waals surface area contributed by atoms with Gasteiger partial charge >= 0.3 is 0 Å². The van der Waals surface area contributed by atoms with E-state index >= 15 is 0 Å². The van der Waals surface area contributed by atoms with Crippen molar-refractivity contribution in [3.05, 3.63) is 54.3 Å². The van der Waals surface area contributed by atoms with E-state index in [2.05, 4.69) is 11.4 Å². The van der Waals surface area contributed by atoms with Crippen LogP contribution in [0.1, 0.15) is 5.56 Å². The smallest absolute Gasteiger partial charge is 0.136 e. The molecule has 92 valence electrons. The Kier molecular flexibility index (Phi) is 2.58.